The lowest BCUT2D eigenvalue weighted by molar-refractivity contribution is -0.155. The number of hydrogen-bond donors (Lipinski definition) is 0. The zero-order valence-corrected chi connectivity index (χ0v) is 8.47. The number of esters is 2. The van der Waals surface area contributed by atoms with Gasteiger partial charge in [-0.3, -0.25) is 4.79 Å². The molecule has 3 nitrogen and oxygen atoms in total. The molecule has 1 aromatic rings. The van der Waals surface area contributed by atoms with Gasteiger partial charge in [0.2, 0.25) is 0 Å². The van der Waals surface area contributed by atoms with Crippen molar-refractivity contribution in [3.05, 3.63) is 42.0 Å². The lowest BCUT2D eigenvalue weighted by Crippen LogP contribution is -2.08. The summed E-state index contributed by atoms with van der Waals surface area (Å²) in [6.45, 7) is 1.64. The van der Waals surface area contributed by atoms with Crippen LogP contribution in [0.4, 0.5) is 0 Å². The Balaban J connectivity index is 2.52. The summed E-state index contributed by atoms with van der Waals surface area (Å²) in [4.78, 5) is 21.8. The number of rotatable bonds is 3. The van der Waals surface area contributed by atoms with E-state index in [0.29, 0.717) is 0 Å². The van der Waals surface area contributed by atoms with Crippen LogP contribution in [-0.2, 0) is 14.3 Å². The molecule has 0 saturated carbocycles. The molecule has 0 N–H and O–H groups in total. The van der Waals surface area contributed by atoms with Crippen LogP contribution >= 0.6 is 0 Å². The van der Waals surface area contributed by atoms with Crippen molar-refractivity contribution in [3.63, 3.8) is 0 Å². The predicted molar refractivity (Wildman–Crippen MR) is 56.9 cm³/mol. The first-order valence-electron chi connectivity index (χ1n) is 4.70. The third kappa shape index (κ3) is 4.22. The maximum Gasteiger partial charge on any atom is 0.338 e. The van der Waals surface area contributed by atoms with E-state index in [-0.39, 0.29) is 6.42 Å². The molecule has 0 aromatic heterocycles. The van der Waals surface area contributed by atoms with E-state index in [1.807, 2.05) is 30.3 Å². The maximum atomic E-state index is 11.1. The Kier molecular flexibility index (Phi) is 4.29. The molecule has 0 atom stereocenters. The van der Waals surface area contributed by atoms with Gasteiger partial charge in [0.05, 0.1) is 0 Å². The summed E-state index contributed by atoms with van der Waals surface area (Å²) in [5.41, 5.74) is 0.887. The first kappa shape index (κ1) is 11.2. The maximum absolute atomic E-state index is 11.1. The van der Waals surface area contributed by atoms with E-state index >= 15 is 0 Å². The summed E-state index contributed by atoms with van der Waals surface area (Å²) in [5, 5.41) is 0. The molecule has 0 bridgehead atoms. The van der Waals surface area contributed by atoms with Gasteiger partial charge in [-0.2, -0.15) is 0 Å². The van der Waals surface area contributed by atoms with Crippen molar-refractivity contribution in [2.75, 3.05) is 0 Å². The number of benzene rings is 1. The first-order valence-corrected chi connectivity index (χ1v) is 4.70. The number of carbonyl (C=O) groups is 2. The Hall–Kier alpha value is -1.90. The van der Waals surface area contributed by atoms with Crippen molar-refractivity contribution >= 4 is 18.0 Å². The third-order valence-corrected chi connectivity index (χ3v) is 1.71. The van der Waals surface area contributed by atoms with Crippen LogP contribution in [0.1, 0.15) is 18.9 Å². The summed E-state index contributed by atoms with van der Waals surface area (Å²) >= 11 is 0. The van der Waals surface area contributed by atoms with E-state index < -0.39 is 11.9 Å². The number of ether oxygens (including phenoxy) is 1. The zero-order valence-electron chi connectivity index (χ0n) is 8.47. The topological polar surface area (TPSA) is 43.4 Å². The van der Waals surface area contributed by atoms with Crippen LogP contribution in [0.25, 0.3) is 6.08 Å². The zero-order chi connectivity index (χ0) is 11.1. The van der Waals surface area contributed by atoms with Crippen LogP contribution in [0.2, 0.25) is 0 Å². The second-order valence-corrected chi connectivity index (χ2v) is 2.89. The predicted octanol–water partition coefficient (Wildman–Crippen LogP) is 2.18. The minimum atomic E-state index is -0.634. The lowest BCUT2D eigenvalue weighted by atomic mass is 10.2. The van der Waals surface area contributed by atoms with Gasteiger partial charge >= 0.3 is 11.9 Å². The molecule has 0 heterocycles. The van der Waals surface area contributed by atoms with Crippen molar-refractivity contribution in [1.29, 1.82) is 0 Å². The summed E-state index contributed by atoms with van der Waals surface area (Å²) in [6, 6.07) is 9.32. The van der Waals surface area contributed by atoms with E-state index in [4.69, 9.17) is 0 Å². The van der Waals surface area contributed by atoms with E-state index in [9.17, 15) is 9.59 Å². The molecular weight excluding hydrogens is 192 g/mol. The van der Waals surface area contributed by atoms with E-state index in [2.05, 4.69) is 4.74 Å². The molecule has 1 rings (SSSR count). The third-order valence-electron chi connectivity index (χ3n) is 1.71. The monoisotopic (exact) mass is 204 g/mol. The van der Waals surface area contributed by atoms with Crippen LogP contribution < -0.4 is 0 Å². The Morgan fingerprint density at radius 3 is 2.53 bits per heavy atom. The number of carbonyl (C=O) groups excluding carboxylic acids is 2. The lowest BCUT2D eigenvalue weighted by Gasteiger charge is -1.95. The highest BCUT2D eigenvalue weighted by Gasteiger charge is 2.03. The Labute approximate surface area is 88.4 Å². The molecule has 0 fully saturated rings. The fraction of sp³-hybridized carbons (Fsp3) is 0.167. The van der Waals surface area contributed by atoms with Crippen LogP contribution in [0.5, 0.6) is 0 Å². The average Bonchev–Trinajstić information content (AvgIpc) is 2.27. The summed E-state index contributed by atoms with van der Waals surface area (Å²) < 4.78 is 4.46. The highest BCUT2D eigenvalue weighted by Crippen LogP contribution is 2.01. The molecule has 0 amide bonds. The largest absolute Gasteiger partial charge is 0.390 e. The standard InChI is InChI=1S/C12H12O3/c1-2-11(13)15-12(14)9-8-10-6-4-3-5-7-10/h3-9H,2H2,1H3. The van der Waals surface area contributed by atoms with Crippen LogP contribution in [0, 0.1) is 0 Å². The molecule has 1 aromatic carbocycles. The fourth-order valence-electron chi connectivity index (χ4n) is 0.947. The van der Waals surface area contributed by atoms with Gasteiger partial charge in [-0.05, 0) is 11.6 Å². The van der Waals surface area contributed by atoms with Gasteiger partial charge in [-0.15, -0.1) is 0 Å². The summed E-state index contributed by atoms with van der Waals surface area (Å²) in [6.07, 6.45) is 3.04. The number of hydrogen-bond acceptors (Lipinski definition) is 3. The van der Waals surface area contributed by atoms with E-state index in [1.165, 1.54) is 6.08 Å². The minimum absolute atomic E-state index is 0.199. The Bertz CT molecular complexity index is 366. The molecule has 78 valence electrons. The highest BCUT2D eigenvalue weighted by atomic mass is 16.6. The van der Waals surface area contributed by atoms with Crippen molar-refractivity contribution in [1.82, 2.24) is 0 Å². The Morgan fingerprint density at radius 1 is 1.27 bits per heavy atom. The molecule has 0 spiro atoms. The van der Waals surface area contributed by atoms with Gasteiger partial charge in [0.1, 0.15) is 0 Å². The molecule has 0 aliphatic carbocycles. The van der Waals surface area contributed by atoms with Crippen molar-refractivity contribution in [2.24, 2.45) is 0 Å². The molecule has 0 aliphatic heterocycles. The normalized spacial score (nSPS) is 10.2. The molecule has 0 aliphatic rings. The molecule has 3 heteroatoms. The van der Waals surface area contributed by atoms with Gasteiger partial charge in [-0.25, -0.2) is 4.79 Å². The van der Waals surface area contributed by atoms with Crippen LogP contribution in [0.15, 0.2) is 36.4 Å². The van der Waals surface area contributed by atoms with Gasteiger partial charge in [0.15, 0.2) is 0 Å². The highest BCUT2D eigenvalue weighted by molar-refractivity contribution is 5.94. The average molecular weight is 204 g/mol. The minimum Gasteiger partial charge on any atom is -0.390 e. The van der Waals surface area contributed by atoms with Crippen molar-refractivity contribution in [3.8, 4) is 0 Å². The SMILES string of the molecule is CCC(=O)OC(=O)C=Cc1ccccc1. The summed E-state index contributed by atoms with van der Waals surface area (Å²) in [5.74, 6) is -1.15. The molecule has 0 radical (unpaired) electrons. The first-order chi connectivity index (χ1) is 7.22. The van der Waals surface area contributed by atoms with Crippen molar-refractivity contribution in [2.45, 2.75) is 13.3 Å². The van der Waals surface area contributed by atoms with E-state index in [1.54, 1.807) is 13.0 Å². The van der Waals surface area contributed by atoms with Gasteiger partial charge < -0.3 is 4.74 Å². The quantitative estimate of drug-likeness (QED) is 0.430. The molecule has 0 unspecified atom stereocenters. The smallest absolute Gasteiger partial charge is 0.338 e. The molecule has 0 saturated heterocycles. The second-order valence-electron chi connectivity index (χ2n) is 2.89. The fourth-order valence-corrected chi connectivity index (χ4v) is 0.947. The Morgan fingerprint density at radius 2 is 1.93 bits per heavy atom. The van der Waals surface area contributed by atoms with Gasteiger partial charge in [0, 0.05) is 12.5 Å². The van der Waals surface area contributed by atoms with Gasteiger partial charge in [-0.1, -0.05) is 37.3 Å². The van der Waals surface area contributed by atoms with Gasteiger partial charge in [0.25, 0.3) is 0 Å². The molecule has 15 heavy (non-hydrogen) atoms. The van der Waals surface area contributed by atoms with Crippen molar-refractivity contribution < 1.29 is 14.3 Å². The molecular formula is C12H12O3. The van der Waals surface area contributed by atoms with Crippen LogP contribution in [0.3, 0.4) is 0 Å². The van der Waals surface area contributed by atoms with Crippen LogP contribution in [-0.4, -0.2) is 11.9 Å². The summed E-state index contributed by atoms with van der Waals surface area (Å²) in [7, 11) is 0. The van der Waals surface area contributed by atoms with E-state index in [0.717, 1.165) is 5.56 Å². The second kappa shape index (κ2) is 5.75.